The topological polar surface area (TPSA) is 47.2 Å². The highest BCUT2D eigenvalue weighted by Gasteiger charge is 2.28. The van der Waals surface area contributed by atoms with Gasteiger partial charge in [-0.25, -0.2) is 4.98 Å². The first-order chi connectivity index (χ1) is 14.7. The van der Waals surface area contributed by atoms with Gasteiger partial charge in [-0.3, -0.25) is 0 Å². The molecule has 1 aromatic heterocycles. The molecule has 0 fully saturated rings. The number of aromatic amines is 1. The van der Waals surface area contributed by atoms with Crippen LogP contribution in [0.25, 0.3) is 22.4 Å². The summed E-state index contributed by atoms with van der Waals surface area (Å²) in [5, 5.41) is 3.72. The van der Waals surface area contributed by atoms with Crippen LogP contribution in [0.2, 0.25) is 0 Å². The second kappa shape index (κ2) is 7.75. The molecule has 5 nitrogen and oxygen atoms in total. The number of hydrogen-bond acceptors (Lipinski definition) is 4. The van der Waals surface area contributed by atoms with Crippen LogP contribution in [0.4, 0.5) is 17.1 Å². The summed E-state index contributed by atoms with van der Waals surface area (Å²) in [4.78, 5) is 13.0. The van der Waals surface area contributed by atoms with E-state index in [2.05, 4.69) is 88.7 Å². The van der Waals surface area contributed by atoms with Crippen LogP contribution < -0.4 is 15.1 Å². The molecule has 1 unspecified atom stereocenters. The van der Waals surface area contributed by atoms with E-state index < -0.39 is 0 Å². The molecule has 0 bridgehead atoms. The van der Waals surface area contributed by atoms with E-state index in [4.69, 9.17) is 4.98 Å². The van der Waals surface area contributed by atoms with Crippen molar-refractivity contribution in [3.8, 4) is 11.4 Å². The molecule has 30 heavy (non-hydrogen) atoms. The number of aromatic nitrogens is 2. The lowest BCUT2D eigenvalue weighted by Crippen LogP contribution is -2.38. The van der Waals surface area contributed by atoms with Gasteiger partial charge in [0.2, 0.25) is 0 Å². The van der Waals surface area contributed by atoms with Crippen molar-refractivity contribution in [2.24, 2.45) is 0 Å². The van der Waals surface area contributed by atoms with Gasteiger partial charge in [-0.05, 0) is 49.4 Å². The van der Waals surface area contributed by atoms with Crippen LogP contribution in [0.3, 0.4) is 0 Å². The first-order valence-corrected chi connectivity index (χ1v) is 10.6. The smallest absolute Gasteiger partial charge is 0.138 e. The first-order valence-electron chi connectivity index (χ1n) is 10.6. The summed E-state index contributed by atoms with van der Waals surface area (Å²) in [6, 6.07) is 25.3. The second-order valence-corrected chi connectivity index (χ2v) is 7.83. The Morgan fingerprint density at radius 2 is 1.80 bits per heavy atom. The summed E-state index contributed by atoms with van der Waals surface area (Å²) in [5.41, 5.74) is 6.89. The third-order valence-corrected chi connectivity index (χ3v) is 5.94. The Bertz CT molecular complexity index is 1120. The highest BCUT2D eigenvalue weighted by atomic mass is 15.3. The molecular formula is C25H27N5. The number of rotatable bonds is 6. The highest BCUT2D eigenvalue weighted by Crippen LogP contribution is 2.38. The summed E-state index contributed by atoms with van der Waals surface area (Å²) < 4.78 is 0. The number of H-pyrrole nitrogens is 1. The van der Waals surface area contributed by atoms with Crippen molar-refractivity contribution in [1.82, 2.24) is 9.97 Å². The Morgan fingerprint density at radius 3 is 2.60 bits per heavy atom. The Kier molecular flexibility index (Phi) is 4.79. The summed E-state index contributed by atoms with van der Waals surface area (Å²) in [6.45, 7) is 4.17. The van der Waals surface area contributed by atoms with Crippen LogP contribution in [-0.4, -0.2) is 36.3 Å². The van der Waals surface area contributed by atoms with Crippen molar-refractivity contribution in [2.75, 3.05) is 35.3 Å². The minimum atomic E-state index is 0.294. The monoisotopic (exact) mass is 397 g/mol. The first kappa shape index (κ1) is 18.6. The van der Waals surface area contributed by atoms with Gasteiger partial charge < -0.3 is 20.1 Å². The predicted molar refractivity (Wildman–Crippen MR) is 126 cm³/mol. The fraction of sp³-hybridized carbons (Fsp3) is 0.240. The molecule has 1 atom stereocenters. The van der Waals surface area contributed by atoms with Gasteiger partial charge in [-0.15, -0.1) is 0 Å². The van der Waals surface area contributed by atoms with E-state index in [1.807, 2.05) is 18.2 Å². The van der Waals surface area contributed by atoms with Gasteiger partial charge in [0.1, 0.15) is 12.0 Å². The molecular weight excluding hydrogens is 370 g/mol. The van der Waals surface area contributed by atoms with E-state index in [1.165, 1.54) is 17.1 Å². The van der Waals surface area contributed by atoms with E-state index >= 15 is 0 Å². The quantitative estimate of drug-likeness (QED) is 0.461. The van der Waals surface area contributed by atoms with E-state index in [-0.39, 0.29) is 0 Å². The molecule has 0 radical (unpaired) electrons. The van der Waals surface area contributed by atoms with Crippen LogP contribution in [0.1, 0.15) is 13.3 Å². The Hall–Kier alpha value is -3.47. The Morgan fingerprint density at radius 1 is 1.00 bits per heavy atom. The van der Waals surface area contributed by atoms with Crippen molar-refractivity contribution < 1.29 is 0 Å². The molecule has 1 aliphatic heterocycles. The average Bonchev–Trinajstić information content (AvgIpc) is 3.38. The fourth-order valence-electron chi connectivity index (χ4n) is 4.30. The van der Waals surface area contributed by atoms with Crippen molar-refractivity contribution in [3.63, 3.8) is 0 Å². The van der Waals surface area contributed by atoms with Crippen LogP contribution in [0.15, 0.2) is 72.8 Å². The minimum absolute atomic E-state index is 0.294. The van der Waals surface area contributed by atoms with Gasteiger partial charge in [-0.1, -0.05) is 30.3 Å². The van der Waals surface area contributed by atoms with Crippen LogP contribution in [-0.2, 0) is 0 Å². The number of anilines is 3. The summed E-state index contributed by atoms with van der Waals surface area (Å²) >= 11 is 0. The van der Waals surface area contributed by atoms with Gasteiger partial charge in [0, 0.05) is 37.8 Å². The van der Waals surface area contributed by atoms with E-state index in [9.17, 15) is 0 Å². The third-order valence-electron chi connectivity index (χ3n) is 5.94. The standard InChI is InChI=1S/C25H27N5/c1-3-30-23-17-18(25-27-20-11-7-8-12-21(20)28-25)13-14-22(23)26-24(30)15-16-29(2)19-9-5-4-6-10-19/h4-14,17,24,26H,3,15-16H2,1-2H3,(H,27,28). The number of nitrogens with one attached hydrogen (secondary N) is 2. The van der Waals surface area contributed by atoms with Gasteiger partial charge in [-0.2, -0.15) is 0 Å². The number of fused-ring (bicyclic) bond motifs is 2. The molecule has 1 aliphatic rings. The Balaban J connectivity index is 1.35. The van der Waals surface area contributed by atoms with Crippen LogP contribution in [0.5, 0.6) is 0 Å². The van der Waals surface area contributed by atoms with Crippen molar-refractivity contribution in [3.05, 3.63) is 72.8 Å². The largest absolute Gasteiger partial charge is 0.374 e. The normalized spacial score (nSPS) is 15.3. The number of hydrogen-bond donors (Lipinski definition) is 2. The van der Waals surface area contributed by atoms with Crippen molar-refractivity contribution in [2.45, 2.75) is 19.5 Å². The molecule has 2 N–H and O–H groups in total. The maximum absolute atomic E-state index is 4.77. The minimum Gasteiger partial charge on any atom is -0.374 e. The number of para-hydroxylation sites is 3. The molecule has 5 heteroatoms. The third kappa shape index (κ3) is 3.36. The maximum Gasteiger partial charge on any atom is 0.138 e. The molecule has 0 spiro atoms. The van der Waals surface area contributed by atoms with Gasteiger partial charge in [0.25, 0.3) is 0 Å². The van der Waals surface area contributed by atoms with E-state index in [1.54, 1.807) is 0 Å². The molecule has 3 aromatic carbocycles. The maximum atomic E-state index is 4.77. The number of benzene rings is 3. The van der Waals surface area contributed by atoms with Gasteiger partial charge in [0.15, 0.2) is 0 Å². The van der Waals surface area contributed by atoms with Gasteiger partial charge >= 0.3 is 0 Å². The molecule has 0 aliphatic carbocycles. The summed E-state index contributed by atoms with van der Waals surface area (Å²) in [6.07, 6.45) is 1.33. The number of nitrogens with zero attached hydrogens (tertiary/aromatic N) is 3. The zero-order valence-corrected chi connectivity index (χ0v) is 17.5. The predicted octanol–water partition coefficient (Wildman–Crippen LogP) is 5.33. The SMILES string of the molecule is CCN1c2cc(-c3nc4ccccc4[nH]3)ccc2NC1CCN(C)c1ccccc1. The van der Waals surface area contributed by atoms with E-state index in [0.717, 1.165) is 41.9 Å². The van der Waals surface area contributed by atoms with Crippen LogP contribution in [0, 0.1) is 0 Å². The molecule has 152 valence electrons. The molecule has 4 aromatic rings. The lowest BCUT2D eigenvalue weighted by Gasteiger charge is -2.28. The second-order valence-electron chi connectivity index (χ2n) is 7.83. The molecule has 2 heterocycles. The van der Waals surface area contributed by atoms with Crippen molar-refractivity contribution in [1.29, 1.82) is 0 Å². The highest BCUT2D eigenvalue weighted by molar-refractivity contribution is 5.84. The van der Waals surface area contributed by atoms with E-state index in [0.29, 0.717) is 6.17 Å². The summed E-state index contributed by atoms with van der Waals surface area (Å²) in [5.74, 6) is 0.919. The molecule has 0 saturated carbocycles. The number of imidazole rings is 1. The molecule has 0 amide bonds. The lowest BCUT2D eigenvalue weighted by atomic mass is 10.1. The fourth-order valence-corrected chi connectivity index (χ4v) is 4.30. The summed E-state index contributed by atoms with van der Waals surface area (Å²) in [7, 11) is 2.16. The average molecular weight is 398 g/mol. The zero-order valence-electron chi connectivity index (χ0n) is 17.5. The lowest BCUT2D eigenvalue weighted by molar-refractivity contribution is 0.629. The van der Waals surface area contributed by atoms with Crippen LogP contribution >= 0.6 is 0 Å². The Labute approximate surface area is 177 Å². The van der Waals surface area contributed by atoms with Gasteiger partial charge in [0.05, 0.1) is 22.4 Å². The molecule has 0 saturated heterocycles. The molecule has 5 rings (SSSR count). The zero-order chi connectivity index (χ0) is 20.5. The van der Waals surface area contributed by atoms with Crippen molar-refractivity contribution >= 4 is 28.1 Å².